The Hall–Kier alpha value is -0.210. The van der Waals surface area contributed by atoms with E-state index in [1.807, 2.05) is 14.1 Å². The van der Waals surface area contributed by atoms with Crippen LogP contribution in [0.4, 0.5) is 0 Å². The summed E-state index contributed by atoms with van der Waals surface area (Å²) >= 11 is 0. The number of nitrogens with zero attached hydrogens (tertiary/aromatic N) is 1. The summed E-state index contributed by atoms with van der Waals surface area (Å²) < 4.78 is 31.4. The van der Waals surface area contributed by atoms with Crippen LogP contribution >= 0.6 is 0 Å². The predicted octanol–water partition coefficient (Wildman–Crippen LogP) is 3.13. The quantitative estimate of drug-likeness (QED) is 0.189. The molecule has 0 amide bonds. The van der Waals surface area contributed by atoms with Gasteiger partial charge in [-0.3, -0.25) is 9.39 Å². The normalized spacial score (nSPS) is 14.0. The zero-order valence-corrected chi connectivity index (χ0v) is 16.7. The summed E-state index contributed by atoms with van der Waals surface area (Å²) in [7, 11) is -0.00393. The van der Waals surface area contributed by atoms with Crippen molar-refractivity contribution in [3.63, 3.8) is 0 Å². The minimum absolute atomic E-state index is 0.455. The van der Waals surface area contributed by atoms with Crippen molar-refractivity contribution >= 4 is 10.1 Å². The molecule has 0 aliphatic heterocycles. The summed E-state index contributed by atoms with van der Waals surface area (Å²) in [6.07, 6.45) is 12.3. The Morgan fingerprint density at radius 3 is 1.83 bits per heavy atom. The van der Waals surface area contributed by atoms with Crippen LogP contribution in [0.5, 0.6) is 0 Å². The summed E-state index contributed by atoms with van der Waals surface area (Å²) in [6, 6.07) is 0. The highest BCUT2D eigenvalue weighted by Gasteiger charge is 2.26. The predicted molar refractivity (Wildman–Crippen MR) is 99.2 cm³/mol. The van der Waals surface area contributed by atoms with Gasteiger partial charge in [-0.2, -0.15) is 8.42 Å². The van der Waals surface area contributed by atoms with Gasteiger partial charge in [0.1, 0.15) is 18.4 Å². The highest BCUT2D eigenvalue weighted by molar-refractivity contribution is 7.85. The van der Waals surface area contributed by atoms with Crippen LogP contribution in [-0.4, -0.2) is 56.5 Å². The van der Waals surface area contributed by atoms with E-state index in [0.29, 0.717) is 11.0 Å². The van der Waals surface area contributed by atoms with Gasteiger partial charge in [0.2, 0.25) is 0 Å². The summed E-state index contributed by atoms with van der Waals surface area (Å²) in [4.78, 5) is 4.71. The van der Waals surface area contributed by atoms with E-state index in [9.17, 15) is 8.42 Å². The van der Waals surface area contributed by atoms with E-state index in [0.717, 1.165) is 13.0 Å². The average Bonchev–Trinajstić information content (AvgIpc) is 2.46. The SMILES string of the molecule is CCCCCCCCCCCC[N+](C)(C)CC(CS(=O)(=O)O)ON. The standard InChI is InChI=1S/C17H38N2O4S/c1-4-5-6-7-8-9-10-11-12-13-14-19(2,3)15-17(23-18)16-24(20,21)22/h17H,4-16,18H2,1-3H3/p+1. The topological polar surface area (TPSA) is 89.6 Å². The Kier molecular flexibility index (Phi) is 12.9. The molecule has 0 aromatic carbocycles. The van der Waals surface area contributed by atoms with Gasteiger partial charge in [0.25, 0.3) is 10.1 Å². The minimum Gasteiger partial charge on any atom is -0.326 e. The number of rotatable bonds is 16. The number of quaternary nitrogens is 1. The molecule has 0 aromatic rings. The zero-order chi connectivity index (χ0) is 18.5. The maximum atomic E-state index is 10.9. The van der Waals surface area contributed by atoms with Crippen molar-refractivity contribution in [3.8, 4) is 0 Å². The monoisotopic (exact) mass is 367 g/mol. The van der Waals surface area contributed by atoms with Crippen LogP contribution < -0.4 is 5.90 Å². The van der Waals surface area contributed by atoms with Crippen LogP contribution in [0.3, 0.4) is 0 Å². The third-order valence-electron chi connectivity index (χ3n) is 4.40. The van der Waals surface area contributed by atoms with Crippen molar-refractivity contribution in [3.05, 3.63) is 0 Å². The van der Waals surface area contributed by atoms with Crippen LogP contribution in [0.15, 0.2) is 0 Å². The molecule has 7 heteroatoms. The van der Waals surface area contributed by atoms with E-state index >= 15 is 0 Å². The Morgan fingerprint density at radius 1 is 0.958 bits per heavy atom. The minimum atomic E-state index is -4.07. The molecule has 0 radical (unpaired) electrons. The lowest BCUT2D eigenvalue weighted by atomic mass is 10.1. The van der Waals surface area contributed by atoms with Gasteiger partial charge in [0.15, 0.2) is 0 Å². The first-order chi connectivity index (χ1) is 11.2. The Bertz CT molecular complexity index is 399. The molecular formula is C17H39N2O4S+. The third-order valence-corrected chi connectivity index (χ3v) is 5.20. The van der Waals surface area contributed by atoms with Gasteiger partial charge in [-0.1, -0.05) is 58.3 Å². The molecule has 1 unspecified atom stereocenters. The van der Waals surface area contributed by atoms with Crippen LogP contribution in [0.1, 0.15) is 71.1 Å². The van der Waals surface area contributed by atoms with E-state index in [1.54, 1.807) is 0 Å². The molecule has 0 aliphatic rings. The summed E-state index contributed by atoms with van der Waals surface area (Å²) in [5.74, 6) is 4.70. The van der Waals surface area contributed by atoms with Gasteiger partial charge in [-0.25, -0.2) is 5.90 Å². The molecule has 0 bridgehead atoms. The number of hydrogen-bond donors (Lipinski definition) is 2. The van der Waals surface area contributed by atoms with Crippen molar-refractivity contribution < 1.29 is 22.3 Å². The van der Waals surface area contributed by atoms with Gasteiger partial charge in [0.05, 0.1) is 20.6 Å². The molecule has 0 saturated carbocycles. The van der Waals surface area contributed by atoms with Crippen molar-refractivity contribution in [1.82, 2.24) is 0 Å². The molecular weight excluding hydrogens is 328 g/mol. The smallest absolute Gasteiger partial charge is 0.267 e. The lowest BCUT2D eigenvalue weighted by Gasteiger charge is -2.32. The zero-order valence-electron chi connectivity index (χ0n) is 15.9. The fourth-order valence-electron chi connectivity index (χ4n) is 3.04. The van der Waals surface area contributed by atoms with Gasteiger partial charge >= 0.3 is 0 Å². The van der Waals surface area contributed by atoms with E-state index in [4.69, 9.17) is 15.3 Å². The van der Waals surface area contributed by atoms with E-state index in [-0.39, 0.29) is 0 Å². The molecule has 1 atom stereocenters. The molecule has 6 nitrogen and oxygen atoms in total. The van der Waals surface area contributed by atoms with Crippen LogP contribution in [-0.2, 0) is 15.0 Å². The first-order valence-electron chi connectivity index (χ1n) is 9.33. The van der Waals surface area contributed by atoms with E-state index < -0.39 is 22.0 Å². The molecule has 24 heavy (non-hydrogen) atoms. The number of unbranched alkanes of at least 4 members (excludes halogenated alkanes) is 9. The highest BCUT2D eigenvalue weighted by atomic mass is 32.2. The molecule has 0 saturated heterocycles. The number of likely N-dealkylation sites (N-methyl/N-ethyl adjacent to an activating group) is 1. The molecule has 0 fully saturated rings. The van der Waals surface area contributed by atoms with Gasteiger partial charge in [-0.05, 0) is 12.8 Å². The Morgan fingerprint density at radius 2 is 1.42 bits per heavy atom. The Labute approximate surface area is 149 Å². The largest absolute Gasteiger partial charge is 0.326 e. The summed E-state index contributed by atoms with van der Waals surface area (Å²) in [5, 5.41) is 0. The second-order valence-corrected chi connectivity index (χ2v) is 9.03. The van der Waals surface area contributed by atoms with Crippen molar-refractivity contribution in [2.45, 2.75) is 77.2 Å². The average molecular weight is 368 g/mol. The molecule has 0 spiro atoms. The summed E-state index contributed by atoms with van der Waals surface area (Å²) in [6.45, 7) is 3.65. The fraction of sp³-hybridized carbons (Fsp3) is 1.00. The number of hydrogen-bond acceptors (Lipinski definition) is 4. The van der Waals surface area contributed by atoms with Crippen LogP contribution in [0.25, 0.3) is 0 Å². The maximum absolute atomic E-state index is 10.9. The first kappa shape index (κ1) is 23.8. The lowest BCUT2D eigenvalue weighted by molar-refractivity contribution is -0.893. The van der Waals surface area contributed by atoms with Crippen molar-refractivity contribution in [2.24, 2.45) is 5.90 Å². The van der Waals surface area contributed by atoms with Crippen molar-refractivity contribution in [1.29, 1.82) is 0 Å². The second kappa shape index (κ2) is 13.1. The van der Waals surface area contributed by atoms with Gasteiger partial charge < -0.3 is 4.48 Å². The molecule has 0 aromatic heterocycles. The molecule has 0 rings (SSSR count). The molecule has 146 valence electrons. The fourth-order valence-corrected chi connectivity index (χ4v) is 3.69. The molecule has 3 N–H and O–H groups in total. The van der Waals surface area contributed by atoms with E-state index in [1.165, 1.54) is 57.8 Å². The van der Waals surface area contributed by atoms with Gasteiger partial charge in [0, 0.05) is 0 Å². The van der Waals surface area contributed by atoms with E-state index in [2.05, 4.69) is 6.92 Å². The van der Waals surface area contributed by atoms with Crippen molar-refractivity contribution in [2.75, 3.05) is 32.9 Å². The Balaban J connectivity index is 3.76. The van der Waals surface area contributed by atoms with Gasteiger partial charge in [-0.15, -0.1) is 0 Å². The molecule has 0 heterocycles. The number of nitrogens with two attached hydrogens (primary N) is 1. The maximum Gasteiger partial charge on any atom is 0.267 e. The second-order valence-electron chi connectivity index (χ2n) is 7.53. The highest BCUT2D eigenvalue weighted by Crippen LogP contribution is 2.12. The lowest BCUT2D eigenvalue weighted by Crippen LogP contribution is -2.49. The van der Waals surface area contributed by atoms with Crippen LogP contribution in [0.2, 0.25) is 0 Å². The molecule has 0 aliphatic carbocycles. The summed E-state index contributed by atoms with van der Waals surface area (Å²) in [5.41, 5.74) is 0. The first-order valence-corrected chi connectivity index (χ1v) is 10.9. The third kappa shape index (κ3) is 15.3. The van der Waals surface area contributed by atoms with Crippen LogP contribution in [0, 0.1) is 0 Å².